The Morgan fingerprint density at radius 3 is 2.36 bits per heavy atom. The highest BCUT2D eigenvalue weighted by molar-refractivity contribution is 6.09. The number of benzene rings is 1. The van der Waals surface area contributed by atoms with Crippen LogP contribution >= 0.6 is 0 Å². The Hall–Kier alpha value is -2.50. The molecule has 2 rings (SSSR count). The molecule has 2 aromatic rings. The fourth-order valence-corrected chi connectivity index (χ4v) is 3.37. The van der Waals surface area contributed by atoms with E-state index in [9.17, 15) is 19.8 Å². The van der Waals surface area contributed by atoms with E-state index in [0.29, 0.717) is 22.2 Å². The molecule has 0 bridgehead atoms. The van der Waals surface area contributed by atoms with Crippen LogP contribution in [-0.4, -0.2) is 33.3 Å². The van der Waals surface area contributed by atoms with Crippen LogP contribution in [0.5, 0.6) is 5.75 Å². The third-order valence-corrected chi connectivity index (χ3v) is 4.55. The second-order valence-electron chi connectivity index (χ2n) is 6.93. The number of aromatic nitrogens is 1. The van der Waals surface area contributed by atoms with Crippen molar-refractivity contribution in [1.82, 2.24) is 4.57 Å². The Morgan fingerprint density at radius 2 is 1.88 bits per heavy atom. The Bertz CT molecular complexity index is 845. The number of ether oxygens (including phenoxy) is 1. The molecule has 0 fully saturated rings. The van der Waals surface area contributed by atoms with Gasteiger partial charge in [-0.05, 0) is 53.7 Å². The van der Waals surface area contributed by atoms with Crippen LogP contribution < -0.4 is 0 Å². The number of carboxylic acid groups (broad SMARTS) is 1. The highest BCUT2D eigenvalue weighted by Gasteiger charge is 2.37. The lowest BCUT2D eigenvalue weighted by Gasteiger charge is -2.23. The molecule has 1 aromatic heterocycles. The molecule has 0 radical (unpaired) electrons. The number of aromatic hydroxyl groups is 1. The lowest BCUT2D eigenvalue weighted by molar-refractivity contribution is -0.142. The van der Waals surface area contributed by atoms with Gasteiger partial charge in [0, 0.05) is 28.2 Å². The van der Waals surface area contributed by atoms with Gasteiger partial charge in [-0.1, -0.05) is 0 Å². The molecule has 1 aromatic carbocycles. The first-order valence-electron chi connectivity index (χ1n) is 8.33. The van der Waals surface area contributed by atoms with Gasteiger partial charge in [0.15, 0.2) is 0 Å². The fraction of sp³-hybridized carbons (Fsp3) is 0.474. The summed E-state index contributed by atoms with van der Waals surface area (Å²) < 4.78 is 7.16. The van der Waals surface area contributed by atoms with E-state index in [0.717, 1.165) is 0 Å². The summed E-state index contributed by atoms with van der Waals surface area (Å²) in [6, 6.07) is 3.24. The topological polar surface area (TPSA) is 88.8 Å². The van der Waals surface area contributed by atoms with Crippen LogP contribution in [0.15, 0.2) is 12.1 Å². The van der Waals surface area contributed by atoms with Crippen molar-refractivity contribution >= 4 is 22.8 Å². The fourth-order valence-electron chi connectivity index (χ4n) is 3.37. The predicted octanol–water partition coefficient (Wildman–Crippen LogP) is 3.78. The van der Waals surface area contributed by atoms with E-state index in [4.69, 9.17) is 4.74 Å². The lowest BCUT2D eigenvalue weighted by atomic mass is 9.81. The minimum absolute atomic E-state index is 0.0519. The standard InChI is InChI=1S/C19H25NO5/c1-7-25-17(22)14-11(4)20(10(2)3)12-8-9-13(21)16(15(12)14)19(5,6)18(23)24/h8-10,21H,7H2,1-6H3,(H,23,24). The molecule has 0 unspecified atom stereocenters. The maximum atomic E-state index is 12.6. The molecule has 0 amide bonds. The van der Waals surface area contributed by atoms with Crippen LogP contribution in [-0.2, 0) is 14.9 Å². The second kappa shape index (κ2) is 6.43. The van der Waals surface area contributed by atoms with Gasteiger partial charge < -0.3 is 19.5 Å². The average molecular weight is 347 g/mol. The molecule has 0 aliphatic carbocycles. The van der Waals surface area contributed by atoms with E-state index in [-0.39, 0.29) is 24.0 Å². The first kappa shape index (κ1) is 18.8. The largest absolute Gasteiger partial charge is 0.508 e. The zero-order valence-electron chi connectivity index (χ0n) is 15.5. The number of esters is 1. The van der Waals surface area contributed by atoms with Crippen LogP contribution in [0, 0.1) is 6.92 Å². The Labute approximate surface area is 147 Å². The van der Waals surface area contributed by atoms with Gasteiger partial charge in [-0.15, -0.1) is 0 Å². The molecule has 25 heavy (non-hydrogen) atoms. The zero-order chi connectivity index (χ0) is 19.1. The van der Waals surface area contributed by atoms with Crippen molar-refractivity contribution in [3.63, 3.8) is 0 Å². The molecule has 2 N–H and O–H groups in total. The average Bonchev–Trinajstić information content (AvgIpc) is 2.78. The normalized spacial score (nSPS) is 12.0. The number of carboxylic acids is 1. The Balaban J connectivity index is 3.05. The minimum atomic E-state index is -1.37. The number of phenolic OH excluding ortho intramolecular Hbond substituents is 1. The van der Waals surface area contributed by atoms with Crippen molar-refractivity contribution < 1.29 is 24.5 Å². The number of phenols is 1. The van der Waals surface area contributed by atoms with Crippen molar-refractivity contribution in [3.8, 4) is 5.75 Å². The summed E-state index contributed by atoms with van der Waals surface area (Å²) in [6.45, 7) is 10.7. The number of rotatable bonds is 5. The van der Waals surface area contributed by atoms with E-state index in [1.807, 2.05) is 18.4 Å². The van der Waals surface area contributed by atoms with Gasteiger partial charge in [0.1, 0.15) is 5.75 Å². The SMILES string of the molecule is CCOC(=O)c1c(C)n(C(C)C)c2ccc(O)c(C(C)(C)C(=O)O)c12. The zero-order valence-corrected chi connectivity index (χ0v) is 15.5. The molecular formula is C19H25NO5. The highest BCUT2D eigenvalue weighted by atomic mass is 16.5. The van der Waals surface area contributed by atoms with Gasteiger partial charge in [-0.2, -0.15) is 0 Å². The molecule has 0 aliphatic heterocycles. The molecule has 0 spiro atoms. The van der Waals surface area contributed by atoms with Crippen LogP contribution in [0.2, 0.25) is 0 Å². The molecule has 136 valence electrons. The van der Waals surface area contributed by atoms with Crippen LogP contribution in [0.1, 0.15) is 62.3 Å². The van der Waals surface area contributed by atoms with E-state index in [2.05, 4.69) is 0 Å². The third-order valence-electron chi connectivity index (χ3n) is 4.55. The molecule has 0 aliphatic rings. The maximum absolute atomic E-state index is 12.6. The van der Waals surface area contributed by atoms with Gasteiger partial charge in [-0.3, -0.25) is 4.79 Å². The van der Waals surface area contributed by atoms with E-state index >= 15 is 0 Å². The summed E-state index contributed by atoms with van der Waals surface area (Å²) in [5, 5.41) is 20.5. The number of carbonyl (C=O) groups is 2. The quantitative estimate of drug-likeness (QED) is 0.804. The minimum Gasteiger partial charge on any atom is -0.508 e. The molecule has 0 atom stereocenters. The number of hydrogen-bond donors (Lipinski definition) is 2. The van der Waals surface area contributed by atoms with E-state index < -0.39 is 17.4 Å². The van der Waals surface area contributed by atoms with Gasteiger partial charge in [0.25, 0.3) is 0 Å². The summed E-state index contributed by atoms with van der Waals surface area (Å²) in [5.41, 5.74) is 0.559. The third kappa shape index (κ3) is 2.86. The predicted molar refractivity (Wildman–Crippen MR) is 95.3 cm³/mol. The maximum Gasteiger partial charge on any atom is 0.340 e. The summed E-state index contributed by atoms with van der Waals surface area (Å²) in [5.74, 6) is -1.75. The summed E-state index contributed by atoms with van der Waals surface area (Å²) in [6.07, 6.45) is 0. The molecule has 0 saturated heterocycles. The summed E-state index contributed by atoms with van der Waals surface area (Å²) in [4.78, 5) is 24.4. The number of nitrogens with zero attached hydrogens (tertiary/aromatic N) is 1. The van der Waals surface area contributed by atoms with Crippen LogP contribution in [0.4, 0.5) is 0 Å². The van der Waals surface area contributed by atoms with E-state index in [1.54, 1.807) is 19.9 Å². The van der Waals surface area contributed by atoms with Crippen molar-refractivity contribution in [1.29, 1.82) is 0 Å². The Kier molecular flexibility index (Phi) is 4.84. The molecule has 6 heteroatoms. The number of fused-ring (bicyclic) bond motifs is 1. The molecule has 0 saturated carbocycles. The van der Waals surface area contributed by atoms with Crippen LogP contribution in [0.3, 0.4) is 0 Å². The lowest BCUT2D eigenvalue weighted by Crippen LogP contribution is -2.29. The molecule has 6 nitrogen and oxygen atoms in total. The first-order valence-corrected chi connectivity index (χ1v) is 8.33. The van der Waals surface area contributed by atoms with Gasteiger partial charge in [-0.25, -0.2) is 4.79 Å². The smallest absolute Gasteiger partial charge is 0.340 e. The summed E-state index contributed by atoms with van der Waals surface area (Å²) >= 11 is 0. The second-order valence-corrected chi connectivity index (χ2v) is 6.93. The van der Waals surface area contributed by atoms with Crippen molar-refractivity contribution in [2.45, 2.75) is 53.0 Å². The Morgan fingerprint density at radius 1 is 1.28 bits per heavy atom. The number of aliphatic carboxylic acids is 1. The monoisotopic (exact) mass is 347 g/mol. The first-order chi connectivity index (χ1) is 11.6. The van der Waals surface area contributed by atoms with Gasteiger partial charge in [0.05, 0.1) is 17.6 Å². The van der Waals surface area contributed by atoms with Crippen molar-refractivity contribution in [2.75, 3.05) is 6.61 Å². The van der Waals surface area contributed by atoms with Crippen LogP contribution in [0.25, 0.3) is 10.9 Å². The van der Waals surface area contributed by atoms with Crippen molar-refractivity contribution in [3.05, 3.63) is 29.0 Å². The highest BCUT2D eigenvalue weighted by Crippen LogP contribution is 2.42. The van der Waals surface area contributed by atoms with Gasteiger partial charge >= 0.3 is 11.9 Å². The molecular weight excluding hydrogens is 322 g/mol. The van der Waals surface area contributed by atoms with E-state index in [1.165, 1.54) is 19.9 Å². The van der Waals surface area contributed by atoms with Gasteiger partial charge in [0.2, 0.25) is 0 Å². The number of carbonyl (C=O) groups excluding carboxylic acids is 1. The number of hydrogen-bond acceptors (Lipinski definition) is 4. The summed E-state index contributed by atoms with van der Waals surface area (Å²) in [7, 11) is 0. The molecule has 1 heterocycles. The van der Waals surface area contributed by atoms with Crippen molar-refractivity contribution in [2.24, 2.45) is 0 Å².